The first kappa shape index (κ1) is 17.3. The Balaban J connectivity index is 2.09. The Morgan fingerprint density at radius 1 is 1.12 bits per heavy atom. The van der Waals surface area contributed by atoms with Crippen molar-refractivity contribution in [2.75, 3.05) is 11.9 Å². The molecule has 1 amide bonds. The molecule has 25 heavy (non-hydrogen) atoms. The second-order valence-corrected chi connectivity index (χ2v) is 7.11. The van der Waals surface area contributed by atoms with Crippen LogP contribution in [0.3, 0.4) is 0 Å². The quantitative estimate of drug-likeness (QED) is 0.792. The van der Waals surface area contributed by atoms with Gasteiger partial charge in [-0.1, -0.05) is 38.1 Å². The highest BCUT2D eigenvalue weighted by Crippen LogP contribution is 2.46. The molecule has 0 radical (unpaired) electrons. The molecule has 2 aromatic carbocycles. The van der Waals surface area contributed by atoms with Crippen LogP contribution in [0.5, 0.6) is 5.75 Å². The van der Waals surface area contributed by atoms with Crippen LogP contribution in [-0.2, 0) is 0 Å². The molecule has 4 nitrogen and oxygen atoms in total. The Bertz CT molecular complexity index is 822. The summed E-state index contributed by atoms with van der Waals surface area (Å²) in [5.41, 5.74) is 7.18. The number of amides is 1. The number of ether oxygens (including phenoxy) is 1. The number of carbonyl (C=O) groups is 1. The molecule has 0 aromatic heterocycles. The largest absolute Gasteiger partial charge is 0.492 e. The molecule has 0 aliphatic carbocycles. The molecule has 132 valence electrons. The van der Waals surface area contributed by atoms with Gasteiger partial charge >= 0.3 is 6.09 Å². The van der Waals surface area contributed by atoms with Crippen molar-refractivity contribution in [3.63, 3.8) is 0 Å². The standard InChI is InChI=1S/C21H25NO3/c1-11(2)15-6-8-16(9-7-15)17-10-25-20-13(4)12(3)19(22-21(23)24)14(5)18(17)20/h6-9,11,17,22H,10H2,1-5H3,(H,23,24). The molecule has 3 rings (SSSR count). The maximum Gasteiger partial charge on any atom is 0.409 e. The molecule has 0 saturated carbocycles. The number of anilines is 1. The van der Waals surface area contributed by atoms with Crippen LogP contribution in [0.2, 0.25) is 0 Å². The molecule has 1 aliphatic heterocycles. The van der Waals surface area contributed by atoms with E-state index >= 15 is 0 Å². The maximum absolute atomic E-state index is 11.2. The van der Waals surface area contributed by atoms with Crippen LogP contribution in [0.15, 0.2) is 24.3 Å². The Labute approximate surface area is 148 Å². The fourth-order valence-corrected chi connectivity index (χ4v) is 3.67. The first-order valence-electron chi connectivity index (χ1n) is 8.67. The van der Waals surface area contributed by atoms with Crippen molar-refractivity contribution in [2.24, 2.45) is 0 Å². The van der Waals surface area contributed by atoms with Crippen molar-refractivity contribution in [1.29, 1.82) is 0 Å². The average molecular weight is 339 g/mol. The third-order valence-corrected chi connectivity index (χ3v) is 5.28. The van der Waals surface area contributed by atoms with Crippen molar-refractivity contribution >= 4 is 11.8 Å². The summed E-state index contributed by atoms with van der Waals surface area (Å²) in [6.07, 6.45) is -1.04. The summed E-state index contributed by atoms with van der Waals surface area (Å²) in [6.45, 7) is 10.9. The molecule has 0 spiro atoms. The summed E-state index contributed by atoms with van der Waals surface area (Å²) in [5.74, 6) is 1.54. The van der Waals surface area contributed by atoms with E-state index in [2.05, 4.69) is 43.4 Å². The lowest BCUT2D eigenvalue weighted by molar-refractivity contribution is 0.209. The van der Waals surface area contributed by atoms with E-state index in [1.54, 1.807) is 0 Å². The highest BCUT2D eigenvalue weighted by atomic mass is 16.5. The molecule has 1 aliphatic rings. The van der Waals surface area contributed by atoms with Crippen molar-refractivity contribution in [3.8, 4) is 5.75 Å². The highest BCUT2D eigenvalue weighted by molar-refractivity contribution is 5.87. The lowest BCUT2D eigenvalue weighted by Crippen LogP contribution is -2.12. The third-order valence-electron chi connectivity index (χ3n) is 5.28. The smallest absolute Gasteiger partial charge is 0.409 e. The summed E-state index contributed by atoms with van der Waals surface area (Å²) < 4.78 is 6.02. The summed E-state index contributed by atoms with van der Waals surface area (Å²) in [7, 11) is 0. The number of hydrogen-bond donors (Lipinski definition) is 2. The predicted molar refractivity (Wildman–Crippen MR) is 100 cm³/mol. The minimum Gasteiger partial charge on any atom is -0.492 e. The Hall–Kier alpha value is -2.49. The van der Waals surface area contributed by atoms with Crippen LogP contribution in [0.25, 0.3) is 0 Å². The van der Waals surface area contributed by atoms with Crippen LogP contribution in [0, 0.1) is 20.8 Å². The number of rotatable bonds is 3. The van der Waals surface area contributed by atoms with Gasteiger partial charge in [-0.3, -0.25) is 5.32 Å². The van der Waals surface area contributed by atoms with Gasteiger partial charge in [0.1, 0.15) is 5.75 Å². The van der Waals surface area contributed by atoms with E-state index in [4.69, 9.17) is 4.74 Å². The van der Waals surface area contributed by atoms with Gasteiger partial charge in [-0.05, 0) is 54.5 Å². The molecule has 2 aromatic rings. The molecule has 1 atom stereocenters. The van der Waals surface area contributed by atoms with E-state index < -0.39 is 6.09 Å². The minimum atomic E-state index is -1.04. The summed E-state index contributed by atoms with van der Waals surface area (Å²) in [5, 5.41) is 11.7. The molecular formula is C21H25NO3. The summed E-state index contributed by atoms with van der Waals surface area (Å²) in [4.78, 5) is 11.2. The molecule has 0 saturated heterocycles. The predicted octanol–water partition coefficient (Wildman–Crippen LogP) is 5.35. The number of hydrogen-bond acceptors (Lipinski definition) is 2. The number of fused-ring (bicyclic) bond motifs is 1. The molecule has 2 N–H and O–H groups in total. The molecule has 4 heteroatoms. The van der Waals surface area contributed by atoms with E-state index in [-0.39, 0.29) is 5.92 Å². The van der Waals surface area contributed by atoms with Gasteiger partial charge in [-0.2, -0.15) is 0 Å². The van der Waals surface area contributed by atoms with E-state index in [9.17, 15) is 9.90 Å². The van der Waals surface area contributed by atoms with Crippen LogP contribution >= 0.6 is 0 Å². The first-order chi connectivity index (χ1) is 11.8. The van der Waals surface area contributed by atoms with Gasteiger partial charge in [0.2, 0.25) is 0 Å². The Morgan fingerprint density at radius 3 is 2.32 bits per heavy atom. The van der Waals surface area contributed by atoms with Crippen molar-refractivity contribution in [2.45, 2.75) is 46.5 Å². The minimum absolute atomic E-state index is 0.129. The van der Waals surface area contributed by atoms with Crippen molar-refractivity contribution < 1.29 is 14.6 Å². The number of carboxylic acid groups (broad SMARTS) is 1. The topological polar surface area (TPSA) is 58.6 Å². The number of benzene rings is 2. The van der Waals surface area contributed by atoms with Gasteiger partial charge < -0.3 is 9.84 Å². The van der Waals surface area contributed by atoms with Crippen LogP contribution in [-0.4, -0.2) is 17.8 Å². The maximum atomic E-state index is 11.2. The normalized spacial score (nSPS) is 15.8. The first-order valence-corrected chi connectivity index (χ1v) is 8.67. The second-order valence-electron chi connectivity index (χ2n) is 7.11. The fraction of sp³-hybridized carbons (Fsp3) is 0.381. The lowest BCUT2D eigenvalue weighted by atomic mass is 9.86. The second kappa shape index (κ2) is 6.43. The van der Waals surface area contributed by atoms with Gasteiger partial charge in [-0.15, -0.1) is 0 Å². The Kier molecular flexibility index (Phi) is 4.46. The van der Waals surface area contributed by atoms with E-state index in [0.717, 1.165) is 28.0 Å². The lowest BCUT2D eigenvalue weighted by Gasteiger charge is -2.19. The summed E-state index contributed by atoms with van der Waals surface area (Å²) in [6, 6.07) is 8.67. The summed E-state index contributed by atoms with van der Waals surface area (Å²) >= 11 is 0. The molecule has 0 bridgehead atoms. The van der Waals surface area contributed by atoms with Crippen molar-refractivity contribution in [1.82, 2.24) is 0 Å². The van der Waals surface area contributed by atoms with Gasteiger partial charge in [0.25, 0.3) is 0 Å². The zero-order valence-electron chi connectivity index (χ0n) is 15.4. The molecule has 0 fully saturated rings. The SMILES string of the molecule is Cc1c(C)c2c(c(C)c1NC(=O)O)C(c1ccc(C(C)C)cc1)CO2. The van der Waals surface area contributed by atoms with E-state index in [0.29, 0.717) is 18.2 Å². The number of nitrogens with one attached hydrogen (secondary N) is 1. The highest BCUT2D eigenvalue weighted by Gasteiger charge is 2.32. The van der Waals surface area contributed by atoms with Crippen LogP contribution in [0.4, 0.5) is 10.5 Å². The molecule has 1 unspecified atom stereocenters. The van der Waals surface area contributed by atoms with Gasteiger partial charge in [0, 0.05) is 11.5 Å². The monoisotopic (exact) mass is 339 g/mol. The molecule has 1 heterocycles. The fourth-order valence-electron chi connectivity index (χ4n) is 3.67. The molecular weight excluding hydrogens is 314 g/mol. The van der Waals surface area contributed by atoms with E-state index in [1.165, 1.54) is 11.1 Å². The van der Waals surface area contributed by atoms with Crippen LogP contribution < -0.4 is 10.1 Å². The van der Waals surface area contributed by atoms with E-state index in [1.807, 2.05) is 20.8 Å². The average Bonchev–Trinajstić information content (AvgIpc) is 3.02. The van der Waals surface area contributed by atoms with Gasteiger partial charge in [0.05, 0.1) is 12.3 Å². The zero-order chi connectivity index (χ0) is 18.3. The Morgan fingerprint density at radius 2 is 1.76 bits per heavy atom. The van der Waals surface area contributed by atoms with Gasteiger partial charge in [-0.25, -0.2) is 4.79 Å². The van der Waals surface area contributed by atoms with Crippen molar-refractivity contribution in [3.05, 3.63) is 57.6 Å². The third kappa shape index (κ3) is 2.97. The zero-order valence-corrected chi connectivity index (χ0v) is 15.4. The van der Waals surface area contributed by atoms with Gasteiger partial charge in [0.15, 0.2) is 0 Å². The van der Waals surface area contributed by atoms with Crippen LogP contribution in [0.1, 0.15) is 59.1 Å².